The molecule has 26 heavy (non-hydrogen) atoms. The van der Waals surface area contributed by atoms with Crippen molar-refractivity contribution in [2.24, 2.45) is 0 Å². The normalized spacial score (nSPS) is 23.3. The Bertz CT molecular complexity index is 951. The number of aryl methyl sites for hydroxylation is 1. The van der Waals surface area contributed by atoms with Gasteiger partial charge in [0, 0.05) is 21.1 Å². The van der Waals surface area contributed by atoms with E-state index in [4.69, 9.17) is 23.2 Å². The van der Waals surface area contributed by atoms with Gasteiger partial charge in [-0.25, -0.2) is 0 Å². The molecule has 0 aromatic heterocycles. The second-order valence-corrected chi connectivity index (χ2v) is 8.39. The molecule has 4 rings (SSSR count). The fourth-order valence-electron chi connectivity index (χ4n) is 4.13. The largest absolute Gasteiger partial charge is 0.335 e. The molecule has 0 bridgehead atoms. The van der Waals surface area contributed by atoms with Crippen molar-refractivity contribution in [3.8, 4) is 0 Å². The number of hydrogen-bond acceptors (Lipinski definition) is 2. The van der Waals surface area contributed by atoms with Crippen LogP contribution < -0.4 is 10.2 Å². The average molecular weight is 387 g/mol. The molecule has 134 valence electrons. The number of amides is 1. The molecule has 0 aliphatic carbocycles. The first-order valence-electron chi connectivity index (χ1n) is 8.59. The van der Waals surface area contributed by atoms with Crippen LogP contribution in [0.5, 0.6) is 0 Å². The van der Waals surface area contributed by atoms with E-state index < -0.39 is 5.66 Å². The van der Waals surface area contributed by atoms with Crippen molar-refractivity contribution in [2.75, 3.05) is 11.4 Å². The number of carbonyl (C=O) groups excluding carboxylic acids is 1. The fourth-order valence-corrected chi connectivity index (χ4v) is 4.61. The first kappa shape index (κ1) is 17.4. The summed E-state index contributed by atoms with van der Waals surface area (Å²) >= 11 is 12.3. The van der Waals surface area contributed by atoms with Gasteiger partial charge in [-0.05, 0) is 42.3 Å². The van der Waals surface area contributed by atoms with E-state index in [-0.39, 0.29) is 11.3 Å². The monoisotopic (exact) mass is 386 g/mol. The van der Waals surface area contributed by atoms with Gasteiger partial charge in [0.15, 0.2) is 0 Å². The molecule has 0 radical (unpaired) electrons. The van der Waals surface area contributed by atoms with Gasteiger partial charge in [-0.3, -0.25) is 4.79 Å². The van der Waals surface area contributed by atoms with Gasteiger partial charge in [0.1, 0.15) is 5.66 Å². The van der Waals surface area contributed by atoms with Crippen molar-refractivity contribution in [3.05, 3.63) is 69.2 Å². The Hall–Kier alpha value is -1.97. The Morgan fingerprint density at radius 1 is 1.15 bits per heavy atom. The minimum Gasteiger partial charge on any atom is -0.335 e. The van der Waals surface area contributed by atoms with Crippen LogP contribution in [0.3, 0.4) is 0 Å². The van der Waals surface area contributed by atoms with Crippen LogP contribution in [0.25, 0.3) is 6.08 Å². The molecule has 1 fully saturated rings. The molecule has 0 unspecified atom stereocenters. The highest BCUT2D eigenvalue weighted by Crippen LogP contribution is 2.53. The average Bonchev–Trinajstić information content (AvgIpc) is 2.98. The van der Waals surface area contributed by atoms with E-state index in [9.17, 15) is 4.79 Å². The Kier molecular flexibility index (Phi) is 3.87. The molecule has 1 atom stereocenters. The molecule has 2 aromatic rings. The quantitative estimate of drug-likeness (QED) is 0.792. The maximum Gasteiger partial charge on any atom is 0.241 e. The highest BCUT2D eigenvalue weighted by Gasteiger charge is 2.59. The lowest BCUT2D eigenvalue weighted by Crippen LogP contribution is -2.58. The number of hydrogen-bond donors (Lipinski definition) is 1. The van der Waals surface area contributed by atoms with Crippen LogP contribution in [-0.2, 0) is 10.2 Å². The molecule has 2 aliphatic rings. The number of halogens is 2. The lowest BCUT2D eigenvalue weighted by molar-refractivity contribution is -0.118. The third-order valence-electron chi connectivity index (χ3n) is 5.59. The zero-order valence-corrected chi connectivity index (χ0v) is 16.4. The molecule has 1 amide bonds. The third-order valence-corrected chi connectivity index (χ3v) is 6.16. The summed E-state index contributed by atoms with van der Waals surface area (Å²) in [5, 5.41) is 4.41. The maximum absolute atomic E-state index is 12.3. The van der Waals surface area contributed by atoms with Gasteiger partial charge >= 0.3 is 0 Å². The SMILES string of the molecule is Cc1ccc2c(c1)C(C)(C)[C@@]1(/C=C/c3ccc(Cl)cc3Cl)NC(=O)CN21. The van der Waals surface area contributed by atoms with Crippen LogP contribution >= 0.6 is 23.2 Å². The van der Waals surface area contributed by atoms with Gasteiger partial charge in [0.25, 0.3) is 0 Å². The molecule has 2 heterocycles. The first-order valence-corrected chi connectivity index (χ1v) is 9.34. The number of fused-ring (bicyclic) bond motifs is 3. The van der Waals surface area contributed by atoms with Crippen LogP contribution in [0.1, 0.15) is 30.5 Å². The lowest BCUT2D eigenvalue weighted by Gasteiger charge is -2.40. The molecule has 2 aromatic carbocycles. The summed E-state index contributed by atoms with van der Waals surface area (Å²) in [4.78, 5) is 14.5. The van der Waals surface area contributed by atoms with Crippen LogP contribution in [0.15, 0.2) is 42.5 Å². The summed E-state index contributed by atoms with van der Waals surface area (Å²) in [6.45, 7) is 6.78. The van der Waals surface area contributed by atoms with E-state index in [1.165, 1.54) is 11.1 Å². The second-order valence-electron chi connectivity index (χ2n) is 7.55. The summed E-state index contributed by atoms with van der Waals surface area (Å²) in [7, 11) is 0. The lowest BCUT2D eigenvalue weighted by atomic mass is 9.75. The zero-order chi connectivity index (χ0) is 18.7. The van der Waals surface area contributed by atoms with E-state index in [0.717, 1.165) is 11.3 Å². The van der Waals surface area contributed by atoms with Gasteiger partial charge in [-0.1, -0.05) is 66.9 Å². The van der Waals surface area contributed by atoms with Gasteiger partial charge in [-0.2, -0.15) is 0 Å². The van der Waals surface area contributed by atoms with Crippen molar-refractivity contribution in [3.63, 3.8) is 0 Å². The van der Waals surface area contributed by atoms with E-state index in [1.54, 1.807) is 6.07 Å². The van der Waals surface area contributed by atoms with Crippen molar-refractivity contribution in [2.45, 2.75) is 31.8 Å². The van der Waals surface area contributed by atoms with Crippen LogP contribution in [0, 0.1) is 6.92 Å². The predicted molar refractivity (Wildman–Crippen MR) is 108 cm³/mol. The number of rotatable bonds is 2. The Labute approximate surface area is 163 Å². The standard InChI is InChI=1S/C21H20Cl2N2O/c1-13-4-7-18-16(10-13)20(2,3)21(24-19(26)12-25(18)21)9-8-14-5-6-15(22)11-17(14)23/h4-11H,12H2,1-3H3,(H,24,26)/b9-8+/t21-/m0/s1. The molecule has 1 saturated heterocycles. The number of carbonyl (C=O) groups is 1. The van der Waals surface area contributed by atoms with Crippen LogP contribution in [0.2, 0.25) is 10.0 Å². The zero-order valence-electron chi connectivity index (χ0n) is 14.9. The van der Waals surface area contributed by atoms with E-state index in [0.29, 0.717) is 16.6 Å². The fraction of sp³-hybridized carbons (Fsp3) is 0.286. The minimum absolute atomic E-state index is 0.0242. The molecular formula is C21H20Cl2N2O. The van der Waals surface area contributed by atoms with Crippen molar-refractivity contribution in [1.29, 1.82) is 0 Å². The highest BCUT2D eigenvalue weighted by molar-refractivity contribution is 6.35. The van der Waals surface area contributed by atoms with Crippen molar-refractivity contribution in [1.82, 2.24) is 5.32 Å². The molecule has 5 heteroatoms. The summed E-state index contributed by atoms with van der Waals surface area (Å²) in [6.07, 6.45) is 4.03. The molecule has 3 nitrogen and oxygen atoms in total. The molecule has 0 spiro atoms. The van der Waals surface area contributed by atoms with Crippen molar-refractivity contribution < 1.29 is 4.79 Å². The number of nitrogens with zero attached hydrogens (tertiary/aromatic N) is 1. The van der Waals surface area contributed by atoms with Crippen LogP contribution in [-0.4, -0.2) is 18.1 Å². The van der Waals surface area contributed by atoms with Gasteiger partial charge in [0.05, 0.1) is 6.54 Å². The topological polar surface area (TPSA) is 32.3 Å². The first-order chi connectivity index (χ1) is 12.2. The van der Waals surface area contributed by atoms with Crippen LogP contribution in [0.4, 0.5) is 5.69 Å². The van der Waals surface area contributed by atoms with E-state index in [1.807, 2.05) is 18.2 Å². The summed E-state index contributed by atoms with van der Waals surface area (Å²) in [6, 6.07) is 11.8. The molecular weight excluding hydrogens is 367 g/mol. The summed E-state index contributed by atoms with van der Waals surface area (Å²) in [5.74, 6) is 0.0242. The summed E-state index contributed by atoms with van der Waals surface area (Å²) < 4.78 is 0. The number of anilines is 1. The number of nitrogens with one attached hydrogen (secondary N) is 1. The second kappa shape index (κ2) is 5.77. The minimum atomic E-state index is -0.622. The Morgan fingerprint density at radius 3 is 2.65 bits per heavy atom. The highest BCUT2D eigenvalue weighted by atomic mass is 35.5. The molecule has 2 aliphatic heterocycles. The third kappa shape index (κ3) is 2.38. The van der Waals surface area contributed by atoms with Crippen molar-refractivity contribution >= 4 is 40.9 Å². The summed E-state index contributed by atoms with van der Waals surface area (Å²) in [5.41, 5.74) is 3.51. The molecule has 0 saturated carbocycles. The number of benzene rings is 2. The Balaban J connectivity index is 1.85. The maximum atomic E-state index is 12.3. The smallest absolute Gasteiger partial charge is 0.241 e. The van der Waals surface area contributed by atoms with Gasteiger partial charge < -0.3 is 10.2 Å². The van der Waals surface area contributed by atoms with Gasteiger partial charge in [-0.15, -0.1) is 0 Å². The Morgan fingerprint density at radius 2 is 1.92 bits per heavy atom. The van der Waals surface area contributed by atoms with E-state index >= 15 is 0 Å². The van der Waals surface area contributed by atoms with E-state index in [2.05, 4.69) is 55.3 Å². The molecule has 1 N–H and O–H groups in total. The van der Waals surface area contributed by atoms with Gasteiger partial charge in [0.2, 0.25) is 5.91 Å². The predicted octanol–water partition coefficient (Wildman–Crippen LogP) is 4.94.